The van der Waals surface area contributed by atoms with Gasteiger partial charge in [0.05, 0.1) is 18.3 Å². The zero-order valence-corrected chi connectivity index (χ0v) is 40.0. The second-order valence-electron chi connectivity index (χ2n) is 22.4. The molecule has 0 unspecified atom stereocenters. The van der Waals surface area contributed by atoms with E-state index in [0.717, 1.165) is 67.6 Å². The summed E-state index contributed by atoms with van der Waals surface area (Å²) in [4.78, 5) is 4.92. The third-order valence-electron chi connectivity index (χ3n) is 13.8. The van der Waals surface area contributed by atoms with E-state index in [1.807, 2.05) is 6.07 Å². The molecule has 5 heteroatoms. The van der Waals surface area contributed by atoms with Crippen LogP contribution < -0.4 is 30.9 Å². The van der Waals surface area contributed by atoms with Crippen molar-refractivity contribution >= 4 is 79.0 Å². The highest BCUT2D eigenvalue weighted by atomic mass is 16.5. The molecular formula is C59H62BN3O. The van der Waals surface area contributed by atoms with Crippen LogP contribution in [0.15, 0.2) is 140 Å². The van der Waals surface area contributed by atoms with E-state index in [1.165, 1.54) is 38.5 Å². The Bertz CT molecular complexity index is 3110. The normalized spacial score (nSPS) is 14.0. The Morgan fingerprint density at radius 1 is 0.547 bits per heavy atom. The number of para-hydroxylation sites is 1. The molecule has 0 atom stereocenters. The molecule has 2 aliphatic heterocycles. The lowest BCUT2D eigenvalue weighted by atomic mass is 9.34. The van der Waals surface area contributed by atoms with Crippen molar-refractivity contribution in [1.82, 2.24) is 4.57 Å². The highest BCUT2D eigenvalue weighted by Crippen LogP contribution is 2.50. The summed E-state index contributed by atoms with van der Waals surface area (Å²) in [6, 6.07) is 50.0. The number of anilines is 6. The molecule has 10 rings (SSSR count). The second-order valence-corrected chi connectivity index (χ2v) is 22.4. The van der Waals surface area contributed by atoms with Crippen LogP contribution in [0.1, 0.15) is 107 Å². The second kappa shape index (κ2) is 14.4. The molecule has 0 saturated carbocycles. The molecule has 0 spiro atoms. The first-order chi connectivity index (χ1) is 30.6. The van der Waals surface area contributed by atoms with Crippen LogP contribution in [0.5, 0.6) is 11.5 Å². The van der Waals surface area contributed by atoms with E-state index in [9.17, 15) is 1.37 Å². The average Bonchev–Trinajstić information content (AvgIpc) is 3.54. The molecule has 4 nitrogen and oxygen atoms in total. The largest absolute Gasteiger partial charge is 0.458 e. The summed E-state index contributed by atoms with van der Waals surface area (Å²) in [5.74, 6) is 1.58. The Morgan fingerprint density at radius 3 is 1.64 bits per heavy atom. The van der Waals surface area contributed by atoms with Gasteiger partial charge in [-0.15, -0.1) is 0 Å². The van der Waals surface area contributed by atoms with Gasteiger partial charge in [0, 0.05) is 46.1 Å². The van der Waals surface area contributed by atoms with Gasteiger partial charge in [0.25, 0.3) is 6.71 Å². The first-order valence-electron chi connectivity index (χ1n) is 23.5. The fraction of sp³-hybridized carbons (Fsp3) is 0.288. The number of hydrogen-bond donors (Lipinski definition) is 0. The number of fused-ring (bicyclic) bond motifs is 8. The first kappa shape index (κ1) is 40.6. The van der Waals surface area contributed by atoms with Crippen molar-refractivity contribution in [3.63, 3.8) is 0 Å². The van der Waals surface area contributed by atoms with E-state index >= 15 is 0 Å². The molecule has 7 aromatic carbocycles. The number of hydrogen-bond acceptors (Lipinski definition) is 3. The Kier molecular flexibility index (Phi) is 9.13. The van der Waals surface area contributed by atoms with Crippen molar-refractivity contribution in [1.29, 1.82) is 0 Å². The summed E-state index contributed by atoms with van der Waals surface area (Å²) in [5, 5.41) is 2.37. The molecule has 0 N–H and O–H groups in total. The first-order valence-corrected chi connectivity index (χ1v) is 23.0. The molecule has 3 heterocycles. The van der Waals surface area contributed by atoms with Crippen LogP contribution >= 0.6 is 0 Å². The molecule has 0 saturated heterocycles. The number of aromatic nitrogens is 1. The lowest BCUT2D eigenvalue weighted by Gasteiger charge is -2.41. The fourth-order valence-corrected chi connectivity index (χ4v) is 10.1. The van der Waals surface area contributed by atoms with Crippen LogP contribution in [-0.2, 0) is 28.7 Å². The predicted octanol–water partition coefficient (Wildman–Crippen LogP) is 14.4. The van der Waals surface area contributed by atoms with Gasteiger partial charge in [-0.2, -0.15) is 0 Å². The molecule has 0 amide bonds. The van der Waals surface area contributed by atoms with Crippen molar-refractivity contribution in [2.75, 3.05) is 9.80 Å². The number of aryl methyl sites for hydroxylation is 1. The van der Waals surface area contributed by atoms with E-state index in [4.69, 9.17) is 4.74 Å². The van der Waals surface area contributed by atoms with E-state index in [-0.39, 0.29) is 28.4 Å². The molecule has 64 heavy (non-hydrogen) atoms. The predicted molar refractivity (Wildman–Crippen MR) is 276 cm³/mol. The third kappa shape index (κ3) is 6.73. The topological polar surface area (TPSA) is 20.6 Å². The minimum absolute atomic E-state index is 0.00729. The van der Waals surface area contributed by atoms with Crippen molar-refractivity contribution in [3.8, 4) is 11.5 Å². The van der Waals surface area contributed by atoms with Crippen LogP contribution in [0.25, 0.3) is 21.8 Å². The highest BCUT2D eigenvalue weighted by Gasteiger charge is 2.44. The zero-order valence-electron chi connectivity index (χ0n) is 41.0. The summed E-state index contributed by atoms with van der Waals surface area (Å²) in [7, 11) is 2.23. The molecule has 0 bridgehead atoms. The number of ether oxygens (including phenoxy) is 1. The van der Waals surface area contributed by atoms with Gasteiger partial charge >= 0.3 is 0 Å². The minimum atomic E-state index is -0.179. The monoisotopic (exact) mass is 841 g/mol. The van der Waals surface area contributed by atoms with Gasteiger partial charge in [-0.25, -0.2) is 0 Å². The Balaban J connectivity index is 1.37. The van der Waals surface area contributed by atoms with Crippen molar-refractivity contribution in [2.45, 2.75) is 105 Å². The van der Waals surface area contributed by atoms with Crippen LogP contribution in [0, 0.1) is 0 Å². The van der Waals surface area contributed by atoms with Crippen molar-refractivity contribution in [2.24, 2.45) is 7.05 Å². The Hall–Kier alpha value is -6.20. The molecule has 0 radical (unpaired) electrons. The van der Waals surface area contributed by atoms with E-state index < -0.39 is 0 Å². The minimum Gasteiger partial charge on any atom is -0.458 e. The average molecular weight is 841 g/mol. The summed E-state index contributed by atoms with van der Waals surface area (Å²) in [6.07, 6.45) is 0. The maximum absolute atomic E-state index is 9.28. The fourth-order valence-electron chi connectivity index (χ4n) is 10.1. The van der Waals surface area contributed by atoms with Gasteiger partial charge < -0.3 is 19.1 Å². The van der Waals surface area contributed by atoms with E-state index in [0.29, 0.717) is 6.04 Å². The molecular weight excluding hydrogens is 777 g/mol. The van der Waals surface area contributed by atoms with E-state index in [2.05, 4.69) is 232 Å². The quantitative estimate of drug-likeness (QED) is 0.165. The third-order valence-corrected chi connectivity index (χ3v) is 13.8. The SMILES string of the molecule is [2H]c1cc2c3c(c1)N(c1ccc(C(C)(C)C)cc1)c1c(cc(N(c4ccc(C(C)(C)C)cc4)c4ccc(C(C)(C)C)cc4)c4c5ccccc5n(C)c14)B3c1cc(C(C)(C)C)ccc1O2. The molecule has 8 aromatic rings. The van der Waals surface area contributed by atoms with E-state index in [1.54, 1.807) is 0 Å². The summed E-state index contributed by atoms with van der Waals surface area (Å²) in [5.41, 5.74) is 17.3. The van der Waals surface area contributed by atoms with Gasteiger partial charge in [0.15, 0.2) is 0 Å². The van der Waals surface area contributed by atoms with Gasteiger partial charge in [-0.3, -0.25) is 0 Å². The molecule has 0 fully saturated rings. The molecule has 1 aromatic heterocycles. The summed E-state index contributed by atoms with van der Waals surface area (Å²) < 4.78 is 18.6. The van der Waals surface area contributed by atoms with Crippen molar-refractivity contribution in [3.05, 3.63) is 162 Å². The summed E-state index contributed by atoms with van der Waals surface area (Å²) >= 11 is 0. The van der Waals surface area contributed by atoms with Gasteiger partial charge in [-0.05, 0) is 127 Å². The van der Waals surface area contributed by atoms with Gasteiger partial charge in [0.1, 0.15) is 11.5 Å². The Labute approximate surface area is 383 Å². The van der Waals surface area contributed by atoms with Crippen LogP contribution in [0.4, 0.5) is 34.1 Å². The van der Waals surface area contributed by atoms with Gasteiger partial charge in [0.2, 0.25) is 0 Å². The molecule has 2 aliphatic rings. The maximum atomic E-state index is 9.28. The molecule has 322 valence electrons. The zero-order chi connectivity index (χ0) is 46.1. The lowest BCUT2D eigenvalue weighted by molar-refractivity contribution is 0.486. The maximum Gasteiger partial charge on any atom is 0.256 e. The van der Waals surface area contributed by atoms with Crippen molar-refractivity contribution < 1.29 is 6.11 Å². The van der Waals surface area contributed by atoms with Crippen LogP contribution in [-0.4, -0.2) is 11.3 Å². The number of benzene rings is 7. The lowest BCUT2D eigenvalue weighted by Crippen LogP contribution is -2.59. The Morgan fingerprint density at radius 2 is 1.08 bits per heavy atom. The molecule has 0 aliphatic carbocycles. The smallest absolute Gasteiger partial charge is 0.256 e. The highest BCUT2D eigenvalue weighted by molar-refractivity contribution is 6.99. The number of nitrogens with zero attached hydrogens (tertiary/aromatic N) is 3. The summed E-state index contributed by atoms with van der Waals surface area (Å²) in [6.45, 7) is 27.2. The number of rotatable bonds is 4. The standard InChI is InChI=1S/C59H62BN3O/c1-56(2,3)37-21-28-41(29-22-37)62(42-30-23-38(24-31-42)57(4,5)6)49-36-46-54(55-52(49)44-17-14-15-18-47(44)61(55)13)63(43-32-25-39(26-33-43)58(7,8)9)48-19-16-20-51-53(48)60(46)45-35-40(59(10,11)12)27-34-50(45)64-51/h14-36H,1-13H3/i16D. The van der Waals surface area contributed by atoms with Crippen LogP contribution in [0.2, 0.25) is 0 Å². The van der Waals surface area contributed by atoms with Gasteiger partial charge in [-0.1, -0.05) is 156 Å². The van der Waals surface area contributed by atoms with Crippen LogP contribution in [0.3, 0.4) is 0 Å².